The van der Waals surface area contributed by atoms with E-state index in [-0.39, 0.29) is 13.2 Å². The molecule has 2 unspecified atom stereocenters. The smallest absolute Gasteiger partial charge is 0.0774 e. The molecule has 0 spiro atoms. The van der Waals surface area contributed by atoms with Crippen molar-refractivity contribution < 1.29 is 20.4 Å². The zero-order valence-electron chi connectivity index (χ0n) is 11.5. The third-order valence-corrected chi connectivity index (χ3v) is 3.38. The van der Waals surface area contributed by atoms with Crippen LogP contribution in [0.5, 0.6) is 0 Å². The maximum absolute atomic E-state index is 9.43. The average Bonchev–Trinajstić information content (AvgIpc) is 2.45. The van der Waals surface area contributed by atoms with Gasteiger partial charge in [-0.1, -0.05) is 0 Å². The van der Waals surface area contributed by atoms with Crippen LogP contribution in [0.25, 0.3) is 0 Å². The number of aliphatic hydroxyl groups is 4. The second-order valence-electron chi connectivity index (χ2n) is 4.95. The van der Waals surface area contributed by atoms with E-state index in [2.05, 4.69) is 0 Å². The standard InChI is InChI=1S/C14H24N2O4/c15-13-5-6-14(16)12(4-2-10(20)8-18)11(13)3-1-9(19)7-17/h5-6,9-10,17-20H,1-4,7-8,15-16H2. The second-order valence-corrected chi connectivity index (χ2v) is 4.95. The summed E-state index contributed by atoms with van der Waals surface area (Å²) in [5, 5.41) is 36.6. The molecule has 6 nitrogen and oxygen atoms in total. The van der Waals surface area contributed by atoms with Crippen LogP contribution in [0, 0.1) is 0 Å². The van der Waals surface area contributed by atoms with Gasteiger partial charge in [0.1, 0.15) is 0 Å². The van der Waals surface area contributed by atoms with Gasteiger partial charge in [0, 0.05) is 11.4 Å². The molecule has 1 aromatic carbocycles. The first-order valence-corrected chi connectivity index (χ1v) is 6.73. The van der Waals surface area contributed by atoms with E-state index < -0.39 is 12.2 Å². The van der Waals surface area contributed by atoms with Crippen molar-refractivity contribution in [1.29, 1.82) is 0 Å². The van der Waals surface area contributed by atoms with Crippen molar-refractivity contribution in [3.63, 3.8) is 0 Å². The van der Waals surface area contributed by atoms with Crippen LogP contribution in [0.15, 0.2) is 12.1 Å². The van der Waals surface area contributed by atoms with Gasteiger partial charge < -0.3 is 31.9 Å². The van der Waals surface area contributed by atoms with Crippen molar-refractivity contribution in [3.05, 3.63) is 23.3 Å². The average molecular weight is 284 g/mol. The Bertz CT molecular complexity index is 387. The summed E-state index contributed by atoms with van der Waals surface area (Å²) in [6.45, 7) is -0.582. The number of hydrogen-bond donors (Lipinski definition) is 6. The van der Waals surface area contributed by atoms with Gasteiger partial charge in [-0.25, -0.2) is 0 Å². The van der Waals surface area contributed by atoms with E-state index in [9.17, 15) is 10.2 Å². The number of benzene rings is 1. The molecule has 8 N–H and O–H groups in total. The molecule has 1 rings (SSSR count). The zero-order chi connectivity index (χ0) is 15.1. The molecular formula is C14H24N2O4. The molecule has 0 saturated carbocycles. The van der Waals surface area contributed by atoms with Gasteiger partial charge in [0.15, 0.2) is 0 Å². The van der Waals surface area contributed by atoms with Crippen LogP contribution in [0.2, 0.25) is 0 Å². The Labute approximate surface area is 118 Å². The molecule has 0 bridgehead atoms. The molecule has 1 aromatic rings. The number of nitrogen functional groups attached to an aromatic ring is 2. The molecule has 0 radical (unpaired) electrons. The summed E-state index contributed by atoms with van der Waals surface area (Å²) in [5.74, 6) is 0. The van der Waals surface area contributed by atoms with Crippen molar-refractivity contribution >= 4 is 11.4 Å². The maximum Gasteiger partial charge on any atom is 0.0774 e. The summed E-state index contributed by atoms with van der Waals surface area (Å²) in [6.07, 6.45) is 0.213. The van der Waals surface area contributed by atoms with E-state index in [0.29, 0.717) is 37.1 Å². The van der Waals surface area contributed by atoms with Crippen LogP contribution in [0.1, 0.15) is 24.0 Å². The van der Waals surface area contributed by atoms with E-state index in [1.54, 1.807) is 12.1 Å². The highest BCUT2D eigenvalue weighted by molar-refractivity contribution is 5.62. The summed E-state index contributed by atoms with van der Waals surface area (Å²) >= 11 is 0. The van der Waals surface area contributed by atoms with Gasteiger partial charge in [-0.2, -0.15) is 0 Å². The Kier molecular flexibility index (Phi) is 6.74. The minimum Gasteiger partial charge on any atom is -0.398 e. The zero-order valence-corrected chi connectivity index (χ0v) is 11.5. The third kappa shape index (κ3) is 4.64. The normalized spacial score (nSPS) is 14.2. The molecule has 0 aliphatic carbocycles. The molecule has 0 amide bonds. The molecule has 2 atom stereocenters. The summed E-state index contributed by atoms with van der Waals surface area (Å²) in [4.78, 5) is 0. The minimum atomic E-state index is -0.785. The number of aliphatic hydroxyl groups excluding tert-OH is 4. The first kappa shape index (κ1) is 16.7. The Morgan fingerprint density at radius 3 is 1.45 bits per heavy atom. The predicted molar refractivity (Wildman–Crippen MR) is 78.1 cm³/mol. The lowest BCUT2D eigenvalue weighted by Gasteiger charge is -2.17. The summed E-state index contributed by atoms with van der Waals surface area (Å²) < 4.78 is 0. The highest BCUT2D eigenvalue weighted by atomic mass is 16.3. The lowest BCUT2D eigenvalue weighted by atomic mass is 9.94. The molecule has 0 heterocycles. The fourth-order valence-electron chi connectivity index (χ4n) is 2.12. The fraction of sp³-hybridized carbons (Fsp3) is 0.571. The van der Waals surface area contributed by atoms with Crippen LogP contribution in [0.4, 0.5) is 11.4 Å². The number of anilines is 2. The molecule has 114 valence electrons. The summed E-state index contributed by atoms with van der Waals surface area (Å²) in [6, 6.07) is 3.42. The molecule has 6 heteroatoms. The van der Waals surface area contributed by atoms with Crippen LogP contribution >= 0.6 is 0 Å². The van der Waals surface area contributed by atoms with E-state index in [4.69, 9.17) is 21.7 Å². The van der Waals surface area contributed by atoms with Crippen molar-refractivity contribution in [2.75, 3.05) is 24.7 Å². The second kappa shape index (κ2) is 8.06. The molecule has 20 heavy (non-hydrogen) atoms. The summed E-state index contributed by atoms with van der Waals surface area (Å²) in [5.41, 5.74) is 14.7. The molecule has 0 aromatic heterocycles. The van der Waals surface area contributed by atoms with Gasteiger partial charge in [-0.05, 0) is 48.9 Å². The van der Waals surface area contributed by atoms with Gasteiger partial charge in [0.25, 0.3) is 0 Å². The lowest BCUT2D eigenvalue weighted by Crippen LogP contribution is -2.16. The van der Waals surface area contributed by atoms with Crippen LogP contribution in [0.3, 0.4) is 0 Å². The van der Waals surface area contributed by atoms with Gasteiger partial charge >= 0.3 is 0 Å². The van der Waals surface area contributed by atoms with Crippen LogP contribution in [-0.2, 0) is 12.8 Å². The van der Waals surface area contributed by atoms with Gasteiger partial charge in [0.2, 0.25) is 0 Å². The minimum absolute atomic E-state index is 0.291. The lowest BCUT2D eigenvalue weighted by molar-refractivity contribution is 0.0874. The van der Waals surface area contributed by atoms with Gasteiger partial charge in [-0.3, -0.25) is 0 Å². The first-order valence-electron chi connectivity index (χ1n) is 6.73. The van der Waals surface area contributed by atoms with Crippen LogP contribution in [-0.4, -0.2) is 45.8 Å². The Balaban J connectivity index is 2.87. The van der Waals surface area contributed by atoms with Crippen molar-refractivity contribution in [1.82, 2.24) is 0 Å². The Morgan fingerprint density at radius 2 is 1.15 bits per heavy atom. The molecule has 0 aliphatic heterocycles. The highest BCUT2D eigenvalue weighted by Crippen LogP contribution is 2.26. The van der Waals surface area contributed by atoms with Crippen molar-refractivity contribution in [3.8, 4) is 0 Å². The molecule has 0 fully saturated rings. The summed E-state index contributed by atoms with van der Waals surface area (Å²) in [7, 11) is 0. The van der Waals surface area contributed by atoms with Gasteiger partial charge in [0.05, 0.1) is 25.4 Å². The van der Waals surface area contributed by atoms with E-state index >= 15 is 0 Å². The van der Waals surface area contributed by atoms with E-state index in [1.807, 2.05) is 0 Å². The maximum atomic E-state index is 9.43. The van der Waals surface area contributed by atoms with Crippen LogP contribution < -0.4 is 11.5 Å². The van der Waals surface area contributed by atoms with Gasteiger partial charge in [-0.15, -0.1) is 0 Å². The van der Waals surface area contributed by atoms with Crippen molar-refractivity contribution in [2.24, 2.45) is 0 Å². The first-order chi connectivity index (χ1) is 9.49. The Morgan fingerprint density at radius 1 is 0.800 bits per heavy atom. The topological polar surface area (TPSA) is 133 Å². The highest BCUT2D eigenvalue weighted by Gasteiger charge is 2.14. The van der Waals surface area contributed by atoms with E-state index in [1.165, 1.54) is 0 Å². The number of rotatable bonds is 8. The van der Waals surface area contributed by atoms with Crippen molar-refractivity contribution in [2.45, 2.75) is 37.9 Å². The SMILES string of the molecule is Nc1ccc(N)c(CCC(O)CO)c1CCC(O)CO. The third-order valence-electron chi connectivity index (χ3n) is 3.38. The largest absolute Gasteiger partial charge is 0.398 e. The fourth-order valence-corrected chi connectivity index (χ4v) is 2.12. The molecule has 0 saturated heterocycles. The predicted octanol–water partition coefficient (Wildman–Crippen LogP) is -0.577. The number of nitrogens with two attached hydrogens (primary N) is 2. The quantitative estimate of drug-likeness (QED) is 0.354. The Hall–Kier alpha value is -1.34. The van der Waals surface area contributed by atoms with E-state index in [0.717, 1.165) is 11.1 Å². The monoisotopic (exact) mass is 284 g/mol. The number of hydrogen-bond acceptors (Lipinski definition) is 6. The molecular weight excluding hydrogens is 260 g/mol. The molecule has 0 aliphatic rings.